The highest BCUT2D eigenvalue weighted by Crippen LogP contribution is 2.20. The van der Waals surface area contributed by atoms with Gasteiger partial charge in [0.05, 0.1) is 0 Å². The minimum Gasteiger partial charge on any atom is -0.368 e. The molecule has 1 aliphatic rings. The Morgan fingerprint density at radius 3 is 2.69 bits per heavy atom. The van der Waals surface area contributed by atoms with E-state index in [1.54, 1.807) is 11.8 Å². The van der Waals surface area contributed by atoms with Crippen molar-refractivity contribution in [2.75, 3.05) is 19.7 Å². The highest BCUT2D eigenvalue weighted by Gasteiger charge is 2.17. The Labute approximate surface area is 90.0 Å². The molecule has 0 saturated carbocycles. The lowest BCUT2D eigenvalue weighted by Crippen LogP contribution is -2.25. The SMILES string of the molecule is CCO[C@@H](C)SC(=S)N1CCCC1. The standard InChI is InChI=1S/C9H17NOS2/c1-3-11-8(2)13-9(12)10-6-4-5-7-10/h8H,3-7H2,1-2H3/t8-/m1/s1. The van der Waals surface area contributed by atoms with Crippen molar-refractivity contribution in [3.8, 4) is 0 Å². The van der Waals surface area contributed by atoms with E-state index in [0.717, 1.165) is 24.0 Å². The van der Waals surface area contributed by atoms with Crippen LogP contribution in [0.15, 0.2) is 0 Å². The molecular formula is C9H17NOS2. The van der Waals surface area contributed by atoms with Gasteiger partial charge < -0.3 is 9.64 Å². The van der Waals surface area contributed by atoms with Crippen molar-refractivity contribution in [2.24, 2.45) is 0 Å². The lowest BCUT2D eigenvalue weighted by atomic mass is 10.4. The molecular weight excluding hydrogens is 202 g/mol. The third-order valence-electron chi connectivity index (χ3n) is 2.03. The Balaban J connectivity index is 2.23. The van der Waals surface area contributed by atoms with E-state index in [4.69, 9.17) is 17.0 Å². The normalized spacial score (nSPS) is 19.1. The first-order valence-corrected chi connectivity index (χ1v) is 6.10. The molecule has 13 heavy (non-hydrogen) atoms. The van der Waals surface area contributed by atoms with Crippen LogP contribution >= 0.6 is 24.0 Å². The van der Waals surface area contributed by atoms with Gasteiger partial charge >= 0.3 is 0 Å². The molecule has 0 aromatic carbocycles. The number of hydrogen-bond acceptors (Lipinski definition) is 3. The molecule has 2 nitrogen and oxygen atoms in total. The van der Waals surface area contributed by atoms with Crippen molar-refractivity contribution in [3.63, 3.8) is 0 Å². The van der Waals surface area contributed by atoms with E-state index in [0.29, 0.717) is 0 Å². The van der Waals surface area contributed by atoms with Crippen LogP contribution in [0.3, 0.4) is 0 Å². The van der Waals surface area contributed by atoms with Crippen molar-refractivity contribution in [2.45, 2.75) is 32.1 Å². The van der Waals surface area contributed by atoms with Gasteiger partial charge in [-0.05, 0) is 26.7 Å². The summed E-state index contributed by atoms with van der Waals surface area (Å²) in [6.07, 6.45) is 2.56. The molecule has 1 atom stereocenters. The Morgan fingerprint density at radius 1 is 1.54 bits per heavy atom. The third-order valence-corrected chi connectivity index (χ3v) is 3.51. The molecule has 0 aromatic heterocycles. The van der Waals surface area contributed by atoms with Crippen LogP contribution in [0, 0.1) is 0 Å². The smallest absolute Gasteiger partial charge is 0.138 e. The van der Waals surface area contributed by atoms with E-state index in [9.17, 15) is 0 Å². The van der Waals surface area contributed by atoms with Crippen LogP contribution in [-0.2, 0) is 4.74 Å². The van der Waals surface area contributed by atoms with E-state index in [-0.39, 0.29) is 5.44 Å². The van der Waals surface area contributed by atoms with Gasteiger partial charge in [0.1, 0.15) is 9.76 Å². The minimum atomic E-state index is 0.193. The molecule has 4 heteroatoms. The fourth-order valence-electron chi connectivity index (χ4n) is 1.38. The molecule has 0 amide bonds. The molecule has 0 unspecified atom stereocenters. The minimum absolute atomic E-state index is 0.193. The van der Waals surface area contributed by atoms with Crippen molar-refractivity contribution < 1.29 is 4.74 Å². The maximum Gasteiger partial charge on any atom is 0.138 e. The van der Waals surface area contributed by atoms with Crippen LogP contribution < -0.4 is 0 Å². The van der Waals surface area contributed by atoms with E-state index in [1.165, 1.54) is 12.8 Å². The van der Waals surface area contributed by atoms with Crippen molar-refractivity contribution in [3.05, 3.63) is 0 Å². The second-order valence-corrected chi connectivity index (χ2v) is 5.03. The zero-order chi connectivity index (χ0) is 9.68. The number of rotatable bonds is 3. The number of thiocarbonyl (C=S) groups is 1. The fraction of sp³-hybridized carbons (Fsp3) is 0.889. The second-order valence-electron chi connectivity index (χ2n) is 3.10. The Hall–Kier alpha value is 0.200. The Morgan fingerprint density at radius 2 is 2.15 bits per heavy atom. The number of likely N-dealkylation sites (tertiary alicyclic amines) is 1. The molecule has 1 fully saturated rings. The van der Waals surface area contributed by atoms with Gasteiger partial charge in [0.15, 0.2) is 0 Å². The number of hydrogen-bond donors (Lipinski definition) is 0. The molecule has 0 bridgehead atoms. The molecule has 1 aliphatic heterocycles. The van der Waals surface area contributed by atoms with Gasteiger partial charge in [0, 0.05) is 19.7 Å². The monoisotopic (exact) mass is 219 g/mol. The van der Waals surface area contributed by atoms with Gasteiger partial charge in [0.25, 0.3) is 0 Å². The van der Waals surface area contributed by atoms with Crippen LogP contribution in [0.2, 0.25) is 0 Å². The number of thioether (sulfide) groups is 1. The topological polar surface area (TPSA) is 12.5 Å². The molecule has 1 heterocycles. The average Bonchev–Trinajstić information content (AvgIpc) is 2.55. The number of nitrogens with zero attached hydrogens (tertiary/aromatic N) is 1. The van der Waals surface area contributed by atoms with E-state index < -0.39 is 0 Å². The largest absolute Gasteiger partial charge is 0.368 e. The molecule has 0 N–H and O–H groups in total. The fourth-order valence-corrected chi connectivity index (χ4v) is 2.79. The summed E-state index contributed by atoms with van der Waals surface area (Å²) in [5.74, 6) is 0. The molecule has 0 spiro atoms. The zero-order valence-corrected chi connectivity index (χ0v) is 9.92. The van der Waals surface area contributed by atoms with Crippen molar-refractivity contribution >= 4 is 28.3 Å². The second kappa shape index (κ2) is 5.83. The van der Waals surface area contributed by atoms with Gasteiger partial charge in [-0.1, -0.05) is 24.0 Å². The van der Waals surface area contributed by atoms with Gasteiger partial charge in [0.2, 0.25) is 0 Å². The van der Waals surface area contributed by atoms with Crippen LogP contribution in [0.4, 0.5) is 0 Å². The van der Waals surface area contributed by atoms with Crippen molar-refractivity contribution in [1.29, 1.82) is 0 Å². The maximum absolute atomic E-state index is 5.42. The summed E-state index contributed by atoms with van der Waals surface area (Å²) in [6.45, 7) is 7.08. The summed E-state index contributed by atoms with van der Waals surface area (Å²) < 4.78 is 6.42. The van der Waals surface area contributed by atoms with Gasteiger partial charge in [-0.2, -0.15) is 0 Å². The lowest BCUT2D eigenvalue weighted by molar-refractivity contribution is 0.138. The summed E-state index contributed by atoms with van der Waals surface area (Å²) in [5, 5.41) is 0. The summed E-state index contributed by atoms with van der Waals surface area (Å²) in [6, 6.07) is 0. The first-order chi connectivity index (χ1) is 6.24. The maximum atomic E-state index is 5.42. The van der Waals surface area contributed by atoms with E-state index >= 15 is 0 Å². The van der Waals surface area contributed by atoms with Gasteiger partial charge in [-0.3, -0.25) is 0 Å². The first kappa shape index (κ1) is 11.3. The zero-order valence-electron chi connectivity index (χ0n) is 8.28. The predicted molar refractivity (Wildman–Crippen MR) is 62.1 cm³/mol. The summed E-state index contributed by atoms with van der Waals surface area (Å²) in [4.78, 5) is 2.27. The first-order valence-electron chi connectivity index (χ1n) is 4.81. The quantitative estimate of drug-likeness (QED) is 0.534. The van der Waals surface area contributed by atoms with Crippen LogP contribution in [0.1, 0.15) is 26.7 Å². The Kier molecular flexibility index (Phi) is 5.06. The Bertz CT molecular complexity index is 169. The predicted octanol–water partition coefficient (Wildman–Crippen LogP) is 2.48. The molecule has 76 valence electrons. The molecule has 0 radical (unpaired) electrons. The molecule has 1 saturated heterocycles. The summed E-state index contributed by atoms with van der Waals surface area (Å²) in [5.41, 5.74) is 0.193. The molecule has 0 aromatic rings. The highest BCUT2D eigenvalue weighted by atomic mass is 32.2. The molecule has 0 aliphatic carbocycles. The summed E-state index contributed by atoms with van der Waals surface area (Å²) in [7, 11) is 0. The van der Waals surface area contributed by atoms with Crippen LogP contribution in [0.25, 0.3) is 0 Å². The molecule has 1 rings (SSSR count). The lowest BCUT2D eigenvalue weighted by Gasteiger charge is -2.20. The summed E-state index contributed by atoms with van der Waals surface area (Å²) >= 11 is 6.97. The van der Waals surface area contributed by atoms with Crippen LogP contribution in [0.5, 0.6) is 0 Å². The van der Waals surface area contributed by atoms with E-state index in [2.05, 4.69) is 11.8 Å². The average molecular weight is 219 g/mol. The van der Waals surface area contributed by atoms with Crippen molar-refractivity contribution in [1.82, 2.24) is 4.90 Å². The third kappa shape index (κ3) is 3.83. The van der Waals surface area contributed by atoms with Gasteiger partial charge in [-0.15, -0.1) is 0 Å². The van der Waals surface area contributed by atoms with E-state index in [1.807, 2.05) is 6.92 Å². The number of ether oxygens (including phenoxy) is 1. The van der Waals surface area contributed by atoms with Crippen LogP contribution in [-0.4, -0.2) is 34.4 Å². The van der Waals surface area contributed by atoms with Gasteiger partial charge in [-0.25, -0.2) is 0 Å². The highest BCUT2D eigenvalue weighted by molar-refractivity contribution is 8.23.